The van der Waals surface area contributed by atoms with Crippen LogP contribution in [0.25, 0.3) is 0 Å². The SMILES string of the molecule is O=C(O)COCC=CCN1C(=O)CCCC[C@@H]1CCC(O)Cc1ccccc1. The molecule has 2 atom stereocenters. The Morgan fingerprint density at radius 3 is 2.79 bits per heavy atom. The number of carbonyl (C=O) groups excluding carboxylic acids is 1. The average Bonchev–Trinajstić information content (AvgIpc) is 2.85. The lowest BCUT2D eigenvalue weighted by Gasteiger charge is -2.30. The third kappa shape index (κ3) is 8.23. The largest absolute Gasteiger partial charge is 0.480 e. The van der Waals surface area contributed by atoms with Crippen molar-refractivity contribution in [1.82, 2.24) is 4.90 Å². The van der Waals surface area contributed by atoms with Crippen LogP contribution in [0.2, 0.25) is 0 Å². The number of carbonyl (C=O) groups is 2. The predicted molar refractivity (Wildman–Crippen MR) is 107 cm³/mol. The molecule has 1 amide bonds. The summed E-state index contributed by atoms with van der Waals surface area (Å²) in [5.74, 6) is -0.846. The number of likely N-dealkylation sites (tertiary alicyclic amines) is 1. The van der Waals surface area contributed by atoms with Gasteiger partial charge in [-0.25, -0.2) is 4.79 Å². The van der Waals surface area contributed by atoms with Crippen LogP contribution in [0.1, 0.15) is 44.1 Å². The summed E-state index contributed by atoms with van der Waals surface area (Å²) in [7, 11) is 0. The first-order valence-electron chi connectivity index (χ1n) is 10.0. The lowest BCUT2D eigenvalue weighted by Crippen LogP contribution is -2.39. The minimum absolute atomic E-state index is 0.130. The number of aliphatic hydroxyl groups is 1. The Morgan fingerprint density at radius 2 is 2.04 bits per heavy atom. The summed E-state index contributed by atoms with van der Waals surface area (Å²) in [5, 5.41) is 18.9. The highest BCUT2D eigenvalue weighted by Gasteiger charge is 2.25. The highest BCUT2D eigenvalue weighted by molar-refractivity contribution is 5.77. The maximum absolute atomic E-state index is 12.5. The zero-order valence-electron chi connectivity index (χ0n) is 16.3. The highest BCUT2D eigenvalue weighted by Crippen LogP contribution is 2.22. The van der Waals surface area contributed by atoms with E-state index in [0.29, 0.717) is 25.8 Å². The van der Waals surface area contributed by atoms with Crippen molar-refractivity contribution in [3.63, 3.8) is 0 Å². The van der Waals surface area contributed by atoms with Crippen molar-refractivity contribution in [2.75, 3.05) is 19.8 Å². The molecule has 1 aliphatic heterocycles. The van der Waals surface area contributed by atoms with Gasteiger partial charge in [0.1, 0.15) is 6.61 Å². The number of aliphatic carboxylic acids is 1. The normalized spacial score (nSPS) is 19.0. The van der Waals surface area contributed by atoms with Crippen LogP contribution in [0, 0.1) is 0 Å². The Bertz CT molecular complexity index is 631. The number of hydrogen-bond donors (Lipinski definition) is 2. The molecule has 6 heteroatoms. The number of carboxylic acid groups (broad SMARTS) is 1. The molecule has 0 bridgehead atoms. The molecule has 2 rings (SSSR count). The number of benzene rings is 1. The summed E-state index contributed by atoms with van der Waals surface area (Å²) in [6, 6.07) is 10.1. The van der Waals surface area contributed by atoms with Gasteiger partial charge in [-0.1, -0.05) is 48.9 Å². The molecular formula is C22H31NO5. The van der Waals surface area contributed by atoms with Crippen LogP contribution in [0.3, 0.4) is 0 Å². The van der Waals surface area contributed by atoms with Gasteiger partial charge in [0.2, 0.25) is 5.91 Å². The summed E-state index contributed by atoms with van der Waals surface area (Å²) in [5.41, 5.74) is 1.12. The number of aliphatic hydroxyl groups excluding tert-OH is 1. The fourth-order valence-corrected chi connectivity index (χ4v) is 3.55. The molecule has 6 nitrogen and oxygen atoms in total. The first kappa shape index (κ1) is 22.1. The maximum Gasteiger partial charge on any atom is 0.329 e. The molecule has 0 spiro atoms. The van der Waals surface area contributed by atoms with E-state index >= 15 is 0 Å². The van der Waals surface area contributed by atoms with Gasteiger partial charge in [-0.2, -0.15) is 0 Å². The molecule has 1 aliphatic rings. The van der Waals surface area contributed by atoms with Gasteiger partial charge in [0, 0.05) is 19.0 Å². The Hall–Kier alpha value is -2.18. The molecule has 1 heterocycles. The van der Waals surface area contributed by atoms with Gasteiger partial charge in [-0.05, 0) is 37.7 Å². The molecule has 1 saturated heterocycles. The average molecular weight is 389 g/mol. The molecule has 0 aliphatic carbocycles. The van der Waals surface area contributed by atoms with Crippen LogP contribution in [0.5, 0.6) is 0 Å². The lowest BCUT2D eigenvalue weighted by atomic mass is 9.98. The number of amides is 1. The van der Waals surface area contributed by atoms with E-state index in [4.69, 9.17) is 9.84 Å². The molecule has 28 heavy (non-hydrogen) atoms. The van der Waals surface area contributed by atoms with Gasteiger partial charge in [0.25, 0.3) is 0 Å². The third-order valence-electron chi connectivity index (χ3n) is 4.99. The van der Waals surface area contributed by atoms with Gasteiger partial charge in [-0.15, -0.1) is 0 Å². The smallest absolute Gasteiger partial charge is 0.329 e. The van der Waals surface area contributed by atoms with Crippen LogP contribution in [-0.2, 0) is 20.7 Å². The molecule has 0 radical (unpaired) electrons. The van der Waals surface area contributed by atoms with Crippen LogP contribution in [0.15, 0.2) is 42.5 Å². The number of rotatable bonds is 11. The van der Waals surface area contributed by atoms with Crippen molar-refractivity contribution in [2.45, 2.75) is 57.1 Å². The van der Waals surface area contributed by atoms with E-state index in [1.807, 2.05) is 41.3 Å². The number of nitrogens with zero attached hydrogens (tertiary/aromatic N) is 1. The maximum atomic E-state index is 12.5. The van der Waals surface area contributed by atoms with Gasteiger partial charge in [-0.3, -0.25) is 4.79 Å². The van der Waals surface area contributed by atoms with E-state index < -0.39 is 12.1 Å². The molecular weight excluding hydrogens is 358 g/mol. The van der Waals surface area contributed by atoms with E-state index in [-0.39, 0.29) is 25.2 Å². The van der Waals surface area contributed by atoms with E-state index in [2.05, 4.69) is 0 Å². The van der Waals surface area contributed by atoms with Crippen molar-refractivity contribution in [2.24, 2.45) is 0 Å². The summed E-state index contributed by atoms with van der Waals surface area (Å²) >= 11 is 0. The zero-order valence-corrected chi connectivity index (χ0v) is 16.3. The fraction of sp³-hybridized carbons (Fsp3) is 0.545. The second-order valence-electron chi connectivity index (χ2n) is 7.25. The van der Waals surface area contributed by atoms with E-state index in [9.17, 15) is 14.7 Å². The van der Waals surface area contributed by atoms with Crippen molar-refractivity contribution in [3.8, 4) is 0 Å². The molecule has 0 saturated carbocycles. The summed E-state index contributed by atoms with van der Waals surface area (Å²) in [4.78, 5) is 24.8. The van der Waals surface area contributed by atoms with Crippen molar-refractivity contribution < 1.29 is 24.5 Å². The number of carboxylic acids is 1. The first-order valence-corrected chi connectivity index (χ1v) is 10.0. The first-order chi connectivity index (χ1) is 13.6. The number of ether oxygens (including phenoxy) is 1. The Kier molecular flexibility index (Phi) is 9.72. The quantitative estimate of drug-likeness (QED) is 0.449. The molecule has 0 aromatic heterocycles. The molecule has 1 aromatic rings. The van der Waals surface area contributed by atoms with Crippen molar-refractivity contribution >= 4 is 11.9 Å². The third-order valence-corrected chi connectivity index (χ3v) is 4.99. The zero-order chi connectivity index (χ0) is 20.2. The second-order valence-corrected chi connectivity index (χ2v) is 7.25. The summed E-state index contributed by atoms with van der Waals surface area (Å²) < 4.78 is 4.98. The summed E-state index contributed by atoms with van der Waals surface area (Å²) in [6.07, 6.45) is 8.71. The van der Waals surface area contributed by atoms with Gasteiger partial charge in [0.15, 0.2) is 0 Å². The van der Waals surface area contributed by atoms with Crippen LogP contribution in [0.4, 0.5) is 0 Å². The summed E-state index contributed by atoms with van der Waals surface area (Å²) in [6.45, 7) is 0.387. The highest BCUT2D eigenvalue weighted by atomic mass is 16.5. The molecule has 2 N–H and O–H groups in total. The van der Waals surface area contributed by atoms with E-state index in [1.165, 1.54) is 0 Å². The second kappa shape index (κ2) is 12.3. The predicted octanol–water partition coefficient (Wildman–Crippen LogP) is 2.80. The minimum atomic E-state index is -0.995. The fourth-order valence-electron chi connectivity index (χ4n) is 3.55. The van der Waals surface area contributed by atoms with E-state index in [0.717, 1.165) is 31.2 Å². The number of hydrogen-bond acceptors (Lipinski definition) is 4. The lowest BCUT2D eigenvalue weighted by molar-refractivity contribution is -0.141. The molecule has 154 valence electrons. The van der Waals surface area contributed by atoms with Gasteiger partial charge in [0.05, 0.1) is 12.7 Å². The van der Waals surface area contributed by atoms with Crippen LogP contribution in [-0.4, -0.2) is 58.9 Å². The molecule has 1 fully saturated rings. The molecule has 1 aromatic carbocycles. The van der Waals surface area contributed by atoms with Crippen molar-refractivity contribution in [3.05, 3.63) is 48.0 Å². The van der Waals surface area contributed by atoms with Crippen LogP contribution < -0.4 is 0 Å². The Morgan fingerprint density at radius 1 is 1.25 bits per heavy atom. The molecule has 1 unspecified atom stereocenters. The van der Waals surface area contributed by atoms with Crippen molar-refractivity contribution in [1.29, 1.82) is 0 Å². The topological polar surface area (TPSA) is 87.1 Å². The van der Waals surface area contributed by atoms with Gasteiger partial charge >= 0.3 is 5.97 Å². The van der Waals surface area contributed by atoms with Crippen LogP contribution >= 0.6 is 0 Å². The monoisotopic (exact) mass is 389 g/mol. The Labute approximate surface area is 166 Å². The Balaban J connectivity index is 1.83. The standard InChI is InChI=1S/C22H31NO5/c24-20(16-18-8-2-1-3-9-18)13-12-19-10-4-5-11-21(25)23(19)14-6-7-15-28-17-22(26)27/h1-3,6-9,19-20,24H,4-5,10-17H2,(H,26,27)/t19-,20?/m1/s1. The minimum Gasteiger partial charge on any atom is -0.480 e. The van der Waals surface area contributed by atoms with E-state index in [1.54, 1.807) is 6.08 Å². The van der Waals surface area contributed by atoms with Gasteiger partial charge < -0.3 is 19.8 Å².